The lowest BCUT2D eigenvalue weighted by atomic mass is 10.0. The van der Waals surface area contributed by atoms with E-state index in [1.807, 2.05) is 19.9 Å². The van der Waals surface area contributed by atoms with E-state index in [1.165, 1.54) is 0 Å². The van der Waals surface area contributed by atoms with Crippen molar-refractivity contribution in [1.82, 2.24) is 24.5 Å². The Morgan fingerprint density at radius 3 is 2.68 bits per heavy atom. The average Bonchev–Trinajstić information content (AvgIpc) is 2.84. The minimum Gasteiger partial charge on any atom is -0.376 e. The van der Waals surface area contributed by atoms with Crippen LogP contribution in [-0.2, 0) is 16.1 Å². The molecule has 4 aromatic rings. The van der Waals surface area contributed by atoms with Crippen molar-refractivity contribution in [3.8, 4) is 22.4 Å². The number of hydrogen-bond donors (Lipinski definition) is 2. The highest BCUT2D eigenvalue weighted by atomic mass is 35.5. The average molecular weight is 520 g/mol. The first-order valence-corrected chi connectivity index (χ1v) is 12.2. The lowest BCUT2D eigenvalue weighted by Crippen LogP contribution is -2.53. The molecule has 0 atom stereocenters. The third-order valence-electron chi connectivity index (χ3n) is 6.20. The van der Waals surface area contributed by atoms with Gasteiger partial charge in [0.15, 0.2) is 0 Å². The molecule has 4 heterocycles. The van der Waals surface area contributed by atoms with Crippen LogP contribution in [-0.4, -0.2) is 49.2 Å². The summed E-state index contributed by atoms with van der Waals surface area (Å²) < 4.78 is 6.85. The first-order valence-electron chi connectivity index (χ1n) is 11.9. The Balaban J connectivity index is 1.59. The fourth-order valence-corrected chi connectivity index (χ4v) is 4.56. The smallest absolute Gasteiger partial charge is 0.260 e. The molecule has 1 amide bonds. The molecule has 0 unspecified atom stereocenters. The van der Waals surface area contributed by atoms with Crippen LogP contribution >= 0.6 is 11.6 Å². The normalized spacial score (nSPS) is 14.4. The van der Waals surface area contributed by atoms with Gasteiger partial charge in [-0.15, -0.1) is 0 Å². The van der Waals surface area contributed by atoms with Crippen molar-refractivity contribution in [2.24, 2.45) is 5.73 Å². The number of primary amides is 1. The van der Waals surface area contributed by atoms with E-state index in [2.05, 4.69) is 25.3 Å². The Bertz CT molecular complexity index is 1570. The van der Waals surface area contributed by atoms with Gasteiger partial charge >= 0.3 is 0 Å². The maximum Gasteiger partial charge on any atom is 0.260 e. The molecule has 0 spiro atoms. The molecule has 0 aliphatic carbocycles. The molecule has 0 bridgehead atoms. The quantitative estimate of drug-likeness (QED) is 0.361. The highest BCUT2D eigenvalue weighted by Crippen LogP contribution is 2.32. The van der Waals surface area contributed by atoms with Crippen molar-refractivity contribution in [2.45, 2.75) is 38.8 Å². The van der Waals surface area contributed by atoms with Crippen LogP contribution in [0.2, 0.25) is 5.02 Å². The molecular formula is C26H26ClN7O3. The number of carbonyl (C=O) groups is 1. The summed E-state index contributed by atoms with van der Waals surface area (Å²) in [6, 6.07) is 7.17. The number of hydrogen-bond acceptors (Lipinski definition) is 8. The standard InChI is InChI=1S/C26H26ClN7O3/c1-15-10-29-12-21(31-15)16-5-6-18(20(27)9-16)19-8-17-11-30-25(33-26(2)13-37-14-26)32-23(17)34(24(19)36)7-3-4-22(28)35/h5-6,8-12H,3-4,7,13-14H2,1-2H3,(H2,28,35)(H,30,32,33). The number of nitrogens with one attached hydrogen (secondary N) is 1. The molecule has 0 radical (unpaired) electrons. The van der Waals surface area contributed by atoms with Gasteiger partial charge in [-0.3, -0.25) is 19.1 Å². The number of benzene rings is 1. The number of ether oxygens (including phenoxy) is 1. The van der Waals surface area contributed by atoms with Crippen LogP contribution in [0.15, 0.2) is 47.7 Å². The van der Waals surface area contributed by atoms with Crippen LogP contribution in [0, 0.1) is 6.92 Å². The molecule has 37 heavy (non-hydrogen) atoms. The number of anilines is 1. The van der Waals surface area contributed by atoms with Crippen LogP contribution in [0.5, 0.6) is 0 Å². The van der Waals surface area contributed by atoms with Gasteiger partial charge in [0.2, 0.25) is 11.9 Å². The van der Waals surface area contributed by atoms with Gasteiger partial charge in [0.1, 0.15) is 5.65 Å². The van der Waals surface area contributed by atoms with Crippen molar-refractivity contribution in [3.05, 3.63) is 63.9 Å². The summed E-state index contributed by atoms with van der Waals surface area (Å²) in [5.41, 5.74) is 8.51. The number of amides is 1. The van der Waals surface area contributed by atoms with E-state index in [0.717, 1.165) is 11.3 Å². The molecule has 3 aromatic heterocycles. The van der Waals surface area contributed by atoms with Crippen molar-refractivity contribution < 1.29 is 9.53 Å². The van der Waals surface area contributed by atoms with Crippen molar-refractivity contribution in [2.75, 3.05) is 18.5 Å². The monoisotopic (exact) mass is 519 g/mol. The van der Waals surface area contributed by atoms with Crippen molar-refractivity contribution in [3.63, 3.8) is 0 Å². The highest BCUT2D eigenvalue weighted by molar-refractivity contribution is 6.33. The Morgan fingerprint density at radius 1 is 1.19 bits per heavy atom. The van der Waals surface area contributed by atoms with Crippen molar-refractivity contribution in [1.29, 1.82) is 0 Å². The van der Waals surface area contributed by atoms with Gasteiger partial charge in [0.05, 0.1) is 36.3 Å². The second-order valence-corrected chi connectivity index (χ2v) is 9.88. The van der Waals surface area contributed by atoms with E-state index < -0.39 is 5.91 Å². The topological polar surface area (TPSA) is 138 Å². The molecule has 1 aromatic carbocycles. The summed E-state index contributed by atoms with van der Waals surface area (Å²) in [7, 11) is 0. The summed E-state index contributed by atoms with van der Waals surface area (Å²) in [6.07, 6.45) is 5.56. The number of halogens is 1. The lowest BCUT2D eigenvalue weighted by molar-refractivity contribution is -0.118. The lowest BCUT2D eigenvalue weighted by Gasteiger charge is -2.38. The molecule has 1 saturated heterocycles. The van der Waals surface area contributed by atoms with Crippen LogP contribution in [0.4, 0.5) is 5.95 Å². The molecule has 0 saturated carbocycles. The van der Waals surface area contributed by atoms with Gasteiger partial charge in [-0.05, 0) is 32.4 Å². The zero-order valence-electron chi connectivity index (χ0n) is 20.5. The van der Waals surface area contributed by atoms with Crippen LogP contribution in [0.1, 0.15) is 25.5 Å². The number of nitrogens with zero attached hydrogens (tertiary/aromatic N) is 5. The van der Waals surface area contributed by atoms with Gasteiger partial charge in [0, 0.05) is 52.5 Å². The van der Waals surface area contributed by atoms with Gasteiger partial charge < -0.3 is 15.8 Å². The molecule has 1 aliphatic heterocycles. The van der Waals surface area contributed by atoms with Gasteiger partial charge in [-0.1, -0.05) is 23.7 Å². The van der Waals surface area contributed by atoms with Crippen LogP contribution in [0.25, 0.3) is 33.4 Å². The third-order valence-corrected chi connectivity index (χ3v) is 6.51. The number of fused-ring (bicyclic) bond motifs is 1. The summed E-state index contributed by atoms with van der Waals surface area (Å²) in [6.45, 7) is 5.23. The van der Waals surface area contributed by atoms with E-state index in [1.54, 1.807) is 41.4 Å². The predicted molar refractivity (Wildman–Crippen MR) is 141 cm³/mol. The second-order valence-electron chi connectivity index (χ2n) is 9.48. The predicted octanol–water partition coefficient (Wildman–Crippen LogP) is 3.34. The van der Waals surface area contributed by atoms with E-state index in [9.17, 15) is 9.59 Å². The summed E-state index contributed by atoms with van der Waals surface area (Å²) in [4.78, 5) is 42.9. The molecule has 10 nitrogen and oxygen atoms in total. The fraction of sp³-hybridized carbons (Fsp3) is 0.308. The van der Waals surface area contributed by atoms with E-state index >= 15 is 0 Å². The van der Waals surface area contributed by atoms with E-state index in [-0.39, 0.29) is 24.1 Å². The van der Waals surface area contributed by atoms with E-state index in [4.69, 9.17) is 22.1 Å². The third kappa shape index (κ3) is 5.16. The van der Waals surface area contributed by atoms with Gasteiger partial charge in [-0.2, -0.15) is 4.98 Å². The molecule has 5 rings (SSSR count). The number of aryl methyl sites for hydroxylation is 2. The molecule has 1 aliphatic rings. The molecular weight excluding hydrogens is 494 g/mol. The number of nitrogens with two attached hydrogens (primary N) is 1. The summed E-state index contributed by atoms with van der Waals surface area (Å²) in [5.74, 6) is -0.0305. The molecule has 3 N–H and O–H groups in total. The first kappa shape index (κ1) is 24.8. The minimum absolute atomic E-state index is 0.150. The molecule has 11 heteroatoms. The van der Waals surface area contributed by atoms with Gasteiger partial charge in [-0.25, -0.2) is 9.97 Å². The zero-order chi connectivity index (χ0) is 26.2. The molecule has 190 valence electrons. The minimum atomic E-state index is -0.429. The maximum absolute atomic E-state index is 13.7. The molecule has 1 fully saturated rings. The Labute approximate surface area is 217 Å². The SMILES string of the molecule is Cc1cncc(-c2ccc(-c3cc4cnc(NC5(C)COC5)nc4n(CCCC(N)=O)c3=O)c(Cl)c2)n1. The largest absolute Gasteiger partial charge is 0.376 e. The number of pyridine rings is 1. The Kier molecular flexibility index (Phi) is 6.61. The van der Waals surface area contributed by atoms with Crippen LogP contribution < -0.4 is 16.6 Å². The summed E-state index contributed by atoms with van der Waals surface area (Å²) >= 11 is 6.68. The number of aromatic nitrogens is 5. The maximum atomic E-state index is 13.7. The first-order chi connectivity index (χ1) is 17.7. The van der Waals surface area contributed by atoms with Crippen LogP contribution in [0.3, 0.4) is 0 Å². The summed E-state index contributed by atoms with van der Waals surface area (Å²) in [5, 5.41) is 4.35. The Morgan fingerprint density at radius 2 is 2.00 bits per heavy atom. The number of rotatable bonds is 8. The number of carbonyl (C=O) groups excluding carboxylic acids is 1. The highest BCUT2D eigenvalue weighted by Gasteiger charge is 2.34. The van der Waals surface area contributed by atoms with Crippen molar-refractivity contribution >= 4 is 34.5 Å². The van der Waals surface area contributed by atoms with E-state index in [0.29, 0.717) is 58.5 Å². The second kappa shape index (κ2) is 9.87. The zero-order valence-corrected chi connectivity index (χ0v) is 21.2. The van der Waals surface area contributed by atoms with Gasteiger partial charge in [0.25, 0.3) is 5.56 Å². The Hall–Kier alpha value is -3.89. The fourth-order valence-electron chi connectivity index (χ4n) is 4.28.